The highest BCUT2D eigenvalue weighted by Gasteiger charge is 2.23. The molecule has 4 N–H and O–H groups in total. The van der Waals surface area contributed by atoms with Crippen LogP contribution >= 0.6 is 0 Å². The number of anilines is 1. The number of imidazole rings is 1. The number of aromatic nitrogens is 2. The van der Waals surface area contributed by atoms with Gasteiger partial charge in [-0.2, -0.15) is 0 Å². The van der Waals surface area contributed by atoms with Gasteiger partial charge in [0.2, 0.25) is 0 Å². The topological polar surface area (TPSA) is 127 Å². The number of H-pyrrole nitrogens is 1. The Morgan fingerprint density at radius 2 is 1.77 bits per heavy atom. The van der Waals surface area contributed by atoms with Crippen molar-refractivity contribution in [2.45, 2.75) is 33.3 Å². The zero-order chi connectivity index (χ0) is 22.5. The van der Waals surface area contributed by atoms with Crippen LogP contribution in [0.1, 0.15) is 45.4 Å². The van der Waals surface area contributed by atoms with Crippen molar-refractivity contribution in [3.05, 3.63) is 71.0 Å². The second-order valence-electron chi connectivity index (χ2n) is 7.07. The minimum atomic E-state index is -1.02. The summed E-state index contributed by atoms with van der Waals surface area (Å²) in [7, 11) is 0. The van der Waals surface area contributed by atoms with Gasteiger partial charge in [-0.05, 0) is 44.5 Å². The monoisotopic (exact) mass is 420 g/mol. The number of nitrogens with zero attached hydrogens (tertiary/aromatic N) is 1. The number of hydrogen-bond acceptors (Lipinski definition) is 5. The van der Waals surface area contributed by atoms with E-state index < -0.39 is 23.9 Å². The average Bonchev–Trinajstić information content (AvgIpc) is 3.10. The molecule has 0 spiro atoms. The molecule has 8 heteroatoms. The van der Waals surface area contributed by atoms with Gasteiger partial charge in [-0.15, -0.1) is 0 Å². The Balaban J connectivity index is 1.69. The van der Waals surface area contributed by atoms with E-state index in [1.54, 1.807) is 49.4 Å². The molecule has 0 fully saturated rings. The number of para-hydroxylation sites is 1. The SMILES string of the molecule is CCC(OC(=O)c1ccc(-c2nc(C)c(C)[nH]2)cc1)C(=O)Nc1ccccc1C(N)=O. The lowest BCUT2D eigenvalue weighted by molar-refractivity contribution is -0.124. The zero-order valence-electron chi connectivity index (χ0n) is 17.6. The first-order valence-corrected chi connectivity index (χ1v) is 9.84. The van der Waals surface area contributed by atoms with Crippen molar-refractivity contribution in [1.29, 1.82) is 0 Å². The first-order valence-electron chi connectivity index (χ1n) is 9.84. The number of carbonyl (C=O) groups is 3. The van der Waals surface area contributed by atoms with E-state index in [0.717, 1.165) is 17.0 Å². The van der Waals surface area contributed by atoms with Gasteiger partial charge in [-0.1, -0.05) is 31.2 Å². The number of hydrogen-bond donors (Lipinski definition) is 3. The Hall–Kier alpha value is -3.94. The molecule has 1 atom stereocenters. The van der Waals surface area contributed by atoms with Gasteiger partial charge in [0, 0.05) is 11.3 Å². The Morgan fingerprint density at radius 1 is 1.10 bits per heavy atom. The number of benzene rings is 2. The van der Waals surface area contributed by atoms with Crippen LogP contribution in [0.5, 0.6) is 0 Å². The van der Waals surface area contributed by atoms with Crippen LogP contribution in [0.15, 0.2) is 48.5 Å². The molecular formula is C23H24N4O4. The third kappa shape index (κ3) is 4.98. The van der Waals surface area contributed by atoms with Gasteiger partial charge in [-0.3, -0.25) is 9.59 Å². The number of primary amides is 1. The summed E-state index contributed by atoms with van der Waals surface area (Å²) in [6, 6.07) is 13.1. The summed E-state index contributed by atoms with van der Waals surface area (Å²) in [5.74, 6) is -1.11. The molecule has 160 valence electrons. The van der Waals surface area contributed by atoms with Crippen molar-refractivity contribution in [1.82, 2.24) is 9.97 Å². The van der Waals surface area contributed by atoms with Crippen LogP contribution in [-0.4, -0.2) is 33.9 Å². The molecule has 1 aromatic heterocycles. The fraction of sp³-hybridized carbons (Fsp3) is 0.217. The van der Waals surface area contributed by atoms with E-state index in [2.05, 4.69) is 15.3 Å². The molecule has 0 aliphatic carbocycles. The number of carbonyl (C=O) groups excluding carboxylic acids is 3. The summed E-state index contributed by atoms with van der Waals surface area (Å²) in [6.07, 6.45) is -0.761. The quantitative estimate of drug-likeness (QED) is 0.505. The van der Waals surface area contributed by atoms with Crippen LogP contribution in [0.25, 0.3) is 11.4 Å². The largest absolute Gasteiger partial charge is 0.449 e. The lowest BCUT2D eigenvalue weighted by Crippen LogP contribution is -2.32. The number of nitrogens with one attached hydrogen (secondary N) is 2. The number of aromatic amines is 1. The van der Waals surface area contributed by atoms with Crippen LogP contribution in [0.4, 0.5) is 5.69 Å². The molecule has 2 amide bonds. The van der Waals surface area contributed by atoms with Crippen LogP contribution in [0.2, 0.25) is 0 Å². The van der Waals surface area contributed by atoms with Crippen molar-refractivity contribution >= 4 is 23.5 Å². The second kappa shape index (κ2) is 9.25. The molecule has 0 saturated heterocycles. The van der Waals surface area contributed by atoms with E-state index >= 15 is 0 Å². The predicted molar refractivity (Wildman–Crippen MR) is 117 cm³/mol. The predicted octanol–water partition coefficient (Wildman–Crippen LogP) is 3.37. The van der Waals surface area contributed by atoms with E-state index in [4.69, 9.17) is 10.5 Å². The Labute approximate surface area is 179 Å². The van der Waals surface area contributed by atoms with Crippen molar-refractivity contribution < 1.29 is 19.1 Å². The molecule has 8 nitrogen and oxygen atoms in total. The number of nitrogens with two attached hydrogens (primary N) is 1. The normalized spacial score (nSPS) is 11.6. The fourth-order valence-electron chi connectivity index (χ4n) is 2.99. The van der Waals surface area contributed by atoms with E-state index in [9.17, 15) is 14.4 Å². The number of aryl methyl sites for hydroxylation is 2. The van der Waals surface area contributed by atoms with Crippen molar-refractivity contribution in [2.24, 2.45) is 5.73 Å². The van der Waals surface area contributed by atoms with E-state index in [1.807, 2.05) is 13.8 Å². The van der Waals surface area contributed by atoms with Gasteiger partial charge >= 0.3 is 5.97 Å². The van der Waals surface area contributed by atoms with Crippen molar-refractivity contribution in [3.8, 4) is 11.4 Å². The summed E-state index contributed by atoms with van der Waals surface area (Å²) in [4.78, 5) is 44.3. The summed E-state index contributed by atoms with van der Waals surface area (Å²) in [6.45, 7) is 5.58. The van der Waals surface area contributed by atoms with E-state index in [-0.39, 0.29) is 17.7 Å². The third-order valence-corrected chi connectivity index (χ3v) is 4.89. The molecule has 3 rings (SSSR count). The molecule has 1 heterocycles. The number of ether oxygens (including phenoxy) is 1. The molecule has 1 unspecified atom stereocenters. The molecule has 3 aromatic rings. The first kappa shape index (κ1) is 21.8. The minimum Gasteiger partial charge on any atom is -0.449 e. The molecule has 0 aliphatic heterocycles. The number of esters is 1. The third-order valence-electron chi connectivity index (χ3n) is 4.89. The van der Waals surface area contributed by atoms with E-state index in [1.165, 1.54) is 6.07 Å². The van der Waals surface area contributed by atoms with Crippen LogP contribution < -0.4 is 11.1 Å². The van der Waals surface area contributed by atoms with Gasteiger partial charge < -0.3 is 20.8 Å². The van der Waals surface area contributed by atoms with E-state index in [0.29, 0.717) is 11.4 Å². The summed E-state index contributed by atoms with van der Waals surface area (Å²) in [5.41, 5.74) is 8.82. The van der Waals surface area contributed by atoms with Gasteiger partial charge in [0.05, 0.1) is 22.5 Å². The molecule has 0 saturated carbocycles. The molecule has 0 aliphatic rings. The summed E-state index contributed by atoms with van der Waals surface area (Å²) < 4.78 is 5.40. The van der Waals surface area contributed by atoms with Gasteiger partial charge in [-0.25, -0.2) is 9.78 Å². The smallest absolute Gasteiger partial charge is 0.338 e. The summed E-state index contributed by atoms with van der Waals surface area (Å²) in [5, 5.41) is 2.61. The van der Waals surface area contributed by atoms with Gasteiger partial charge in [0.1, 0.15) is 5.82 Å². The highest BCUT2D eigenvalue weighted by molar-refractivity contribution is 6.04. The fourth-order valence-corrected chi connectivity index (χ4v) is 2.99. The lowest BCUT2D eigenvalue weighted by Gasteiger charge is -2.17. The second-order valence-corrected chi connectivity index (χ2v) is 7.07. The van der Waals surface area contributed by atoms with Crippen LogP contribution in [0, 0.1) is 13.8 Å². The van der Waals surface area contributed by atoms with Crippen molar-refractivity contribution in [3.63, 3.8) is 0 Å². The maximum absolute atomic E-state index is 12.6. The Morgan fingerprint density at radius 3 is 2.35 bits per heavy atom. The van der Waals surface area contributed by atoms with Gasteiger partial charge in [0.15, 0.2) is 6.10 Å². The molecule has 2 aromatic carbocycles. The lowest BCUT2D eigenvalue weighted by atomic mass is 10.1. The molecular weight excluding hydrogens is 396 g/mol. The molecule has 0 bridgehead atoms. The number of amides is 2. The standard InChI is InChI=1S/C23H24N4O4/c1-4-19(22(29)27-18-8-6-5-7-17(18)20(24)28)31-23(30)16-11-9-15(10-12-16)21-25-13(2)14(3)26-21/h5-12,19H,4H2,1-3H3,(H2,24,28)(H,25,26)(H,27,29). The maximum Gasteiger partial charge on any atom is 0.338 e. The Bertz CT molecular complexity index is 1100. The summed E-state index contributed by atoms with van der Waals surface area (Å²) >= 11 is 0. The van der Waals surface area contributed by atoms with Crippen LogP contribution in [0.3, 0.4) is 0 Å². The highest BCUT2D eigenvalue weighted by atomic mass is 16.5. The zero-order valence-corrected chi connectivity index (χ0v) is 17.6. The maximum atomic E-state index is 12.6. The highest BCUT2D eigenvalue weighted by Crippen LogP contribution is 2.20. The average molecular weight is 420 g/mol. The molecule has 31 heavy (non-hydrogen) atoms. The van der Waals surface area contributed by atoms with Crippen LogP contribution in [-0.2, 0) is 9.53 Å². The minimum absolute atomic E-state index is 0.177. The molecule has 0 radical (unpaired) electrons. The van der Waals surface area contributed by atoms with Gasteiger partial charge in [0.25, 0.3) is 11.8 Å². The Kier molecular flexibility index (Phi) is 6.49. The number of rotatable bonds is 7. The first-order chi connectivity index (χ1) is 14.8. The van der Waals surface area contributed by atoms with Crippen molar-refractivity contribution in [2.75, 3.05) is 5.32 Å².